The van der Waals surface area contributed by atoms with Crippen LogP contribution in [0.15, 0.2) is 0 Å². The van der Waals surface area contributed by atoms with Gasteiger partial charge in [0.15, 0.2) is 0 Å². The van der Waals surface area contributed by atoms with Gasteiger partial charge >= 0.3 is 5.97 Å². The summed E-state index contributed by atoms with van der Waals surface area (Å²) in [5.41, 5.74) is 0. The van der Waals surface area contributed by atoms with Crippen LogP contribution in [0.1, 0.15) is 25.7 Å². The summed E-state index contributed by atoms with van der Waals surface area (Å²) in [6.45, 7) is 0. The van der Waals surface area contributed by atoms with Crippen LogP contribution in [0.3, 0.4) is 0 Å². The Balaban J connectivity index is 1.96. The lowest BCUT2D eigenvalue weighted by atomic mass is 9.98. The van der Waals surface area contributed by atoms with Gasteiger partial charge in [0.1, 0.15) is 0 Å². The van der Waals surface area contributed by atoms with Crippen molar-refractivity contribution in [2.24, 2.45) is 17.8 Å². The molecule has 0 saturated heterocycles. The minimum atomic E-state index is 0.0370. The van der Waals surface area contributed by atoms with Crippen molar-refractivity contribution in [3.05, 3.63) is 0 Å². The second kappa shape index (κ2) is 2.50. The van der Waals surface area contributed by atoms with Gasteiger partial charge in [0.05, 0.1) is 13.0 Å². The summed E-state index contributed by atoms with van der Waals surface area (Å²) in [5.74, 6) is 1.65. The lowest BCUT2D eigenvalue weighted by molar-refractivity contribution is -0.147. The molecule has 2 rings (SSSR count). The molecule has 0 aromatic carbocycles. The van der Waals surface area contributed by atoms with E-state index in [-0.39, 0.29) is 11.9 Å². The molecule has 0 radical (unpaired) electrons. The molecule has 0 N–H and O–H groups in total. The maximum Gasteiger partial charge on any atom is 0.309 e. The van der Waals surface area contributed by atoms with Gasteiger partial charge in [-0.3, -0.25) is 4.79 Å². The first-order valence-electron chi connectivity index (χ1n) is 4.40. The Morgan fingerprint density at radius 3 is 2.00 bits per heavy atom. The fourth-order valence-electron chi connectivity index (χ4n) is 1.82. The van der Waals surface area contributed by atoms with E-state index in [0.29, 0.717) is 11.8 Å². The van der Waals surface area contributed by atoms with Gasteiger partial charge in [0.2, 0.25) is 0 Å². The van der Waals surface area contributed by atoms with Gasteiger partial charge < -0.3 is 4.74 Å². The third-order valence-electron chi connectivity index (χ3n) is 2.73. The molecule has 0 amide bonds. The summed E-state index contributed by atoms with van der Waals surface area (Å²) in [7, 11) is 1.50. The average molecular weight is 154 g/mol. The van der Waals surface area contributed by atoms with Crippen LogP contribution in [0.5, 0.6) is 0 Å². The molecule has 2 saturated carbocycles. The van der Waals surface area contributed by atoms with Gasteiger partial charge in [-0.1, -0.05) is 0 Å². The zero-order chi connectivity index (χ0) is 7.84. The SMILES string of the molecule is COC(=O)C(C1CC1)C1CC1. The maximum absolute atomic E-state index is 11.3. The molecular formula is C9H14O2. The number of methoxy groups -OCH3 is 1. The van der Waals surface area contributed by atoms with Gasteiger partial charge in [0.25, 0.3) is 0 Å². The molecule has 2 nitrogen and oxygen atoms in total. The van der Waals surface area contributed by atoms with Crippen LogP contribution < -0.4 is 0 Å². The number of hydrogen-bond donors (Lipinski definition) is 0. The summed E-state index contributed by atoms with van der Waals surface area (Å²) >= 11 is 0. The van der Waals surface area contributed by atoms with Crippen molar-refractivity contribution in [3.8, 4) is 0 Å². The highest BCUT2D eigenvalue weighted by Gasteiger charge is 2.46. The molecule has 62 valence electrons. The van der Waals surface area contributed by atoms with Crippen molar-refractivity contribution in [2.45, 2.75) is 25.7 Å². The second-order valence-electron chi connectivity index (χ2n) is 3.72. The Morgan fingerprint density at radius 2 is 1.73 bits per heavy atom. The molecule has 0 aliphatic heterocycles. The molecule has 11 heavy (non-hydrogen) atoms. The Hall–Kier alpha value is -0.530. The minimum absolute atomic E-state index is 0.0370. The van der Waals surface area contributed by atoms with E-state index in [9.17, 15) is 4.79 Å². The van der Waals surface area contributed by atoms with Gasteiger partial charge in [-0.25, -0.2) is 0 Å². The van der Waals surface area contributed by atoms with Crippen molar-refractivity contribution in [2.75, 3.05) is 7.11 Å². The molecule has 0 aromatic heterocycles. The number of carbonyl (C=O) groups excluding carboxylic acids is 1. The standard InChI is InChI=1S/C9H14O2/c1-11-9(10)8(6-2-3-6)7-4-5-7/h6-8H,2-5H2,1H3. The van der Waals surface area contributed by atoms with Crippen molar-refractivity contribution < 1.29 is 9.53 Å². The molecule has 0 spiro atoms. The molecule has 0 unspecified atom stereocenters. The highest BCUT2D eigenvalue weighted by Crippen LogP contribution is 2.49. The molecule has 2 heteroatoms. The number of esters is 1. The highest BCUT2D eigenvalue weighted by molar-refractivity contribution is 5.73. The van der Waals surface area contributed by atoms with Crippen molar-refractivity contribution >= 4 is 5.97 Å². The first-order valence-corrected chi connectivity index (χ1v) is 4.40. The first kappa shape index (κ1) is 7.14. The van der Waals surface area contributed by atoms with Crippen LogP contribution in [-0.4, -0.2) is 13.1 Å². The van der Waals surface area contributed by atoms with Crippen molar-refractivity contribution in [3.63, 3.8) is 0 Å². The largest absolute Gasteiger partial charge is 0.469 e. The van der Waals surface area contributed by atoms with Crippen LogP contribution in [0.4, 0.5) is 0 Å². The van der Waals surface area contributed by atoms with Crippen LogP contribution in [0, 0.1) is 17.8 Å². The van der Waals surface area contributed by atoms with Gasteiger partial charge in [-0.15, -0.1) is 0 Å². The summed E-state index contributed by atoms with van der Waals surface area (Å²) in [6, 6.07) is 0. The number of ether oxygens (including phenoxy) is 1. The van der Waals surface area contributed by atoms with Crippen molar-refractivity contribution in [1.29, 1.82) is 0 Å². The molecule has 0 heterocycles. The zero-order valence-electron chi connectivity index (χ0n) is 6.88. The van der Waals surface area contributed by atoms with Gasteiger partial charge in [-0.05, 0) is 37.5 Å². The quantitative estimate of drug-likeness (QED) is 0.577. The Morgan fingerprint density at radius 1 is 1.27 bits per heavy atom. The van der Waals surface area contributed by atoms with E-state index in [4.69, 9.17) is 4.74 Å². The number of hydrogen-bond acceptors (Lipinski definition) is 2. The lowest BCUT2D eigenvalue weighted by Crippen LogP contribution is -2.20. The van der Waals surface area contributed by atoms with E-state index in [1.807, 2.05) is 0 Å². The molecular weight excluding hydrogens is 140 g/mol. The summed E-state index contributed by atoms with van der Waals surface area (Å²) in [6.07, 6.45) is 4.99. The first-order chi connectivity index (χ1) is 5.33. The summed E-state index contributed by atoms with van der Waals surface area (Å²) < 4.78 is 4.78. The van der Waals surface area contributed by atoms with Crippen LogP contribution in [0.25, 0.3) is 0 Å². The van der Waals surface area contributed by atoms with Crippen LogP contribution in [0.2, 0.25) is 0 Å². The molecule has 2 aliphatic rings. The second-order valence-corrected chi connectivity index (χ2v) is 3.72. The topological polar surface area (TPSA) is 26.3 Å². The molecule has 0 aromatic rings. The Bertz CT molecular complexity index is 156. The molecule has 0 atom stereocenters. The van der Waals surface area contributed by atoms with Gasteiger partial charge in [0, 0.05) is 0 Å². The fourth-order valence-corrected chi connectivity index (χ4v) is 1.82. The van der Waals surface area contributed by atoms with Crippen LogP contribution >= 0.6 is 0 Å². The summed E-state index contributed by atoms with van der Waals surface area (Å²) in [4.78, 5) is 11.3. The maximum atomic E-state index is 11.3. The molecule has 2 aliphatic carbocycles. The van der Waals surface area contributed by atoms with E-state index >= 15 is 0 Å². The molecule has 2 fully saturated rings. The normalized spacial score (nSPS) is 23.8. The third-order valence-corrected chi connectivity index (χ3v) is 2.73. The predicted octanol–water partition coefficient (Wildman–Crippen LogP) is 1.60. The number of carbonyl (C=O) groups is 1. The lowest BCUT2D eigenvalue weighted by Gasteiger charge is -2.11. The van der Waals surface area contributed by atoms with E-state index in [1.165, 1.54) is 32.8 Å². The van der Waals surface area contributed by atoms with E-state index < -0.39 is 0 Å². The molecule has 0 bridgehead atoms. The third kappa shape index (κ3) is 1.39. The Kier molecular flexibility index (Phi) is 1.63. The van der Waals surface area contributed by atoms with E-state index in [2.05, 4.69) is 0 Å². The predicted molar refractivity (Wildman–Crippen MR) is 41.0 cm³/mol. The van der Waals surface area contributed by atoms with Crippen LogP contribution in [-0.2, 0) is 9.53 Å². The zero-order valence-corrected chi connectivity index (χ0v) is 6.88. The fraction of sp³-hybridized carbons (Fsp3) is 0.889. The van der Waals surface area contributed by atoms with E-state index in [1.54, 1.807) is 0 Å². The van der Waals surface area contributed by atoms with E-state index in [0.717, 1.165) is 0 Å². The minimum Gasteiger partial charge on any atom is -0.469 e. The van der Waals surface area contributed by atoms with Gasteiger partial charge in [-0.2, -0.15) is 0 Å². The monoisotopic (exact) mass is 154 g/mol. The summed E-state index contributed by atoms with van der Waals surface area (Å²) in [5, 5.41) is 0. The smallest absolute Gasteiger partial charge is 0.309 e. The number of rotatable bonds is 3. The average Bonchev–Trinajstić information content (AvgIpc) is 2.81. The Labute approximate surface area is 66.9 Å². The highest BCUT2D eigenvalue weighted by atomic mass is 16.5. The van der Waals surface area contributed by atoms with Crippen molar-refractivity contribution in [1.82, 2.24) is 0 Å².